The Morgan fingerprint density at radius 1 is 1.00 bits per heavy atom. The first kappa shape index (κ1) is 19.6. The van der Waals surface area contributed by atoms with Gasteiger partial charge >= 0.3 is 5.97 Å². The molecule has 0 aromatic rings. The lowest BCUT2D eigenvalue weighted by molar-refractivity contribution is -0.157. The number of esters is 1. The normalized spacial score (nSPS) is 43.7. The van der Waals surface area contributed by atoms with E-state index in [0.717, 1.165) is 37.0 Å². The van der Waals surface area contributed by atoms with Crippen LogP contribution in [0.5, 0.6) is 0 Å². The highest BCUT2D eigenvalue weighted by atomic mass is 16.5. The van der Waals surface area contributed by atoms with Crippen LogP contribution >= 0.6 is 0 Å². The molecule has 6 bridgehead atoms. The summed E-state index contributed by atoms with van der Waals surface area (Å²) >= 11 is 0. The topological polar surface area (TPSA) is 72.5 Å². The quantitative estimate of drug-likeness (QED) is 0.714. The maximum absolute atomic E-state index is 12.5. The highest BCUT2D eigenvalue weighted by Gasteiger charge is 2.53. The molecule has 6 rings (SSSR count). The molecule has 5 nitrogen and oxygen atoms in total. The van der Waals surface area contributed by atoms with Crippen molar-refractivity contribution >= 4 is 17.7 Å². The molecule has 0 saturated heterocycles. The van der Waals surface area contributed by atoms with Crippen molar-refractivity contribution in [2.75, 3.05) is 6.61 Å². The van der Waals surface area contributed by atoms with E-state index >= 15 is 0 Å². The first-order valence-electron chi connectivity index (χ1n) is 11.9. The van der Waals surface area contributed by atoms with Gasteiger partial charge in [0.1, 0.15) is 5.78 Å². The van der Waals surface area contributed by atoms with E-state index in [0.29, 0.717) is 18.6 Å². The van der Waals surface area contributed by atoms with E-state index in [-0.39, 0.29) is 47.7 Å². The predicted molar refractivity (Wildman–Crippen MR) is 108 cm³/mol. The molecule has 4 atom stereocenters. The number of amides is 1. The summed E-state index contributed by atoms with van der Waals surface area (Å²) in [6.07, 6.45) is 12.0. The van der Waals surface area contributed by atoms with Crippen LogP contribution < -0.4 is 5.32 Å². The Bertz CT molecular complexity index is 650. The van der Waals surface area contributed by atoms with Gasteiger partial charge in [0.2, 0.25) is 0 Å². The zero-order chi connectivity index (χ0) is 20.2. The molecule has 29 heavy (non-hydrogen) atoms. The van der Waals surface area contributed by atoms with Crippen LogP contribution in [-0.4, -0.2) is 30.3 Å². The SMILES string of the molecule is C[C@@H](NC(=O)COC(=O)C1C[C@H]2CCC[C@@H](C1)C2=O)C12CC3CC(CC(C3)C1)C2. The van der Waals surface area contributed by atoms with Crippen LogP contribution in [0.4, 0.5) is 0 Å². The summed E-state index contributed by atoms with van der Waals surface area (Å²) in [5.74, 6) is 2.31. The van der Waals surface area contributed by atoms with Crippen molar-refractivity contribution in [1.82, 2.24) is 5.32 Å². The Hall–Kier alpha value is -1.39. The molecular weight excluding hydrogens is 366 g/mol. The molecule has 0 radical (unpaired) electrons. The van der Waals surface area contributed by atoms with Crippen LogP contribution in [0.1, 0.15) is 77.6 Å². The molecule has 0 aliphatic heterocycles. The zero-order valence-corrected chi connectivity index (χ0v) is 17.7. The molecule has 1 unspecified atom stereocenters. The van der Waals surface area contributed by atoms with Gasteiger partial charge in [-0.3, -0.25) is 14.4 Å². The maximum atomic E-state index is 12.5. The maximum Gasteiger partial charge on any atom is 0.309 e. The summed E-state index contributed by atoms with van der Waals surface area (Å²) in [6, 6.07) is 0.147. The van der Waals surface area contributed by atoms with Crippen molar-refractivity contribution in [3.63, 3.8) is 0 Å². The molecule has 0 aromatic carbocycles. The molecule has 5 heteroatoms. The minimum absolute atomic E-state index is 0.0324. The molecule has 6 fully saturated rings. The minimum Gasteiger partial charge on any atom is -0.455 e. The van der Waals surface area contributed by atoms with Crippen LogP contribution in [0.25, 0.3) is 0 Å². The summed E-state index contributed by atoms with van der Waals surface area (Å²) < 4.78 is 5.40. The molecule has 6 aliphatic rings. The molecule has 0 spiro atoms. The van der Waals surface area contributed by atoms with Crippen molar-refractivity contribution in [2.45, 2.75) is 83.6 Å². The highest BCUT2D eigenvalue weighted by molar-refractivity contribution is 5.88. The van der Waals surface area contributed by atoms with E-state index in [9.17, 15) is 14.4 Å². The van der Waals surface area contributed by atoms with Gasteiger partial charge in [-0.15, -0.1) is 0 Å². The Morgan fingerprint density at radius 3 is 2.10 bits per heavy atom. The Balaban J connectivity index is 1.12. The largest absolute Gasteiger partial charge is 0.455 e. The van der Waals surface area contributed by atoms with Crippen LogP contribution in [0.3, 0.4) is 0 Å². The molecule has 1 amide bonds. The summed E-state index contributed by atoms with van der Waals surface area (Å²) in [5.41, 5.74) is 0.260. The van der Waals surface area contributed by atoms with Crippen molar-refractivity contribution < 1.29 is 19.1 Å². The van der Waals surface area contributed by atoms with Crippen molar-refractivity contribution in [3.8, 4) is 0 Å². The molecule has 160 valence electrons. The van der Waals surface area contributed by atoms with Gasteiger partial charge in [0.25, 0.3) is 5.91 Å². The van der Waals surface area contributed by atoms with E-state index in [2.05, 4.69) is 12.2 Å². The minimum atomic E-state index is -0.285. The van der Waals surface area contributed by atoms with Gasteiger partial charge < -0.3 is 10.1 Å². The highest BCUT2D eigenvalue weighted by Crippen LogP contribution is 2.61. The predicted octanol–water partition coefficient (Wildman–Crippen LogP) is 3.65. The first-order valence-corrected chi connectivity index (χ1v) is 11.9. The van der Waals surface area contributed by atoms with E-state index < -0.39 is 0 Å². The Labute approximate surface area is 173 Å². The Kier molecular flexibility index (Phi) is 4.98. The number of rotatable bonds is 5. The number of carbonyl (C=O) groups is 3. The standard InChI is InChI=1S/C24H35NO4/c1-14(24-10-15-5-16(11-24)7-17(6-15)12-24)25-21(26)13-29-23(28)20-8-18-3-2-4-19(9-20)22(18)27/h14-20H,2-13H2,1H3,(H,25,26)/t14-,15?,16?,17?,18-,19+,20?,24?/m1/s1. The second-order valence-corrected chi connectivity index (χ2v) is 11.1. The summed E-state index contributed by atoms with van der Waals surface area (Å²) in [6.45, 7) is 1.97. The number of fused-ring (bicyclic) bond motifs is 2. The fraction of sp³-hybridized carbons (Fsp3) is 0.875. The lowest BCUT2D eigenvalue weighted by Crippen LogP contribution is -2.56. The zero-order valence-electron chi connectivity index (χ0n) is 17.7. The van der Waals surface area contributed by atoms with Gasteiger partial charge in [-0.1, -0.05) is 6.42 Å². The molecule has 0 heterocycles. The number of nitrogens with one attached hydrogen (secondary N) is 1. The van der Waals surface area contributed by atoms with Gasteiger partial charge in [0.05, 0.1) is 5.92 Å². The summed E-state index contributed by atoms with van der Waals surface area (Å²) in [5, 5.41) is 3.17. The smallest absolute Gasteiger partial charge is 0.309 e. The number of hydrogen-bond donors (Lipinski definition) is 1. The van der Waals surface area contributed by atoms with Crippen LogP contribution in [0.2, 0.25) is 0 Å². The van der Waals surface area contributed by atoms with Gasteiger partial charge in [-0.25, -0.2) is 0 Å². The lowest BCUT2D eigenvalue weighted by atomic mass is 9.48. The molecule has 6 aliphatic carbocycles. The molecule has 0 aromatic heterocycles. The van der Waals surface area contributed by atoms with E-state index in [1.807, 2.05) is 0 Å². The fourth-order valence-corrected chi connectivity index (χ4v) is 8.07. The third-order valence-corrected chi connectivity index (χ3v) is 9.11. The number of Topliss-reactive ketones (excluding diaryl/α,β-unsaturated/α-hetero) is 1. The summed E-state index contributed by atoms with van der Waals surface area (Å²) in [7, 11) is 0. The average Bonchev–Trinajstić information content (AvgIpc) is 2.65. The van der Waals surface area contributed by atoms with Crippen molar-refractivity contribution in [1.29, 1.82) is 0 Å². The molecule has 6 saturated carbocycles. The average molecular weight is 402 g/mol. The summed E-state index contributed by atoms with van der Waals surface area (Å²) in [4.78, 5) is 37.3. The van der Waals surface area contributed by atoms with Gasteiger partial charge in [-0.2, -0.15) is 0 Å². The van der Waals surface area contributed by atoms with Crippen LogP contribution in [-0.2, 0) is 19.1 Å². The second kappa shape index (κ2) is 7.39. The van der Waals surface area contributed by atoms with Crippen LogP contribution in [0.15, 0.2) is 0 Å². The molecular formula is C24H35NO4. The van der Waals surface area contributed by atoms with Gasteiger partial charge in [0.15, 0.2) is 6.61 Å². The lowest BCUT2D eigenvalue weighted by Gasteiger charge is -2.59. The number of carbonyl (C=O) groups excluding carboxylic acids is 3. The fourth-order valence-electron chi connectivity index (χ4n) is 8.07. The monoisotopic (exact) mass is 401 g/mol. The first-order chi connectivity index (χ1) is 13.9. The van der Waals surface area contributed by atoms with Crippen LogP contribution in [0, 0.1) is 40.9 Å². The van der Waals surface area contributed by atoms with E-state index in [1.54, 1.807) is 0 Å². The van der Waals surface area contributed by atoms with Gasteiger partial charge in [-0.05, 0) is 94.3 Å². The third kappa shape index (κ3) is 3.63. The second-order valence-electron chi connectivity index (χ2n) is 11.1. The molecule has 1 N–H and O–H groups in total. The number of ketones is 1. The number of ether oxygens (including phenoxy) is 1. The Morgan fingerprint density at radius 2 is 1.55 bits per heavy atom. The van der Waals surface area contributed by atoms with E-state index in [1.165, 1.54) is 38.5 Å². The number of hydrogen-bond acceptors (Lipinski definition) is 4. The van der Waals surface area contributed by atoms with Gasteiger partial charge in [0, 0.05) is 17.9 Å². The van der Waals surface area contributed by atoms with Crippen molar-refractivity contribution in [2.24, 2.45) is 40.9 Å². The van der Waals surface area contributed by atoms with E-state index in [4.69, 9.17) is 4.74 Å². The van der Waals surface area contributed by atoms with Crippen molar-refractivity contribution in [3.05, 3.63) is 0 Å². The third-order valence-electron chi connectivity index (χ3n) is 9.11.